The van der Waals surface area contributed by atoms with Crippen molar-refractivity contribution in [3.8, 4) is 0 Å². The third kappa shape index (κ3) is 5.52. The van der Waals surface area contributed by atoms with E-state index < -0.39 is 0 Å². The van der Waals surface area contributed by atoms with E-state index in [0.717, 1.165) is 11.6 Å². The minimum atomic E-state index is 0.123. The number of nitrogens with one attached hydrogen (secondary N) is 1. The molecular formula is C13H22N2OS. The van der Waals surface area contributed by atoms with Gasteiger partial charge in [-0.15, -0.1) is 11.8 Å². The van der Waals surface area contributed by atoms with Crippen molar-refractivity contribution in [1.82, 2.24) is 10.3 Å². The first-order valence-electron chi connectivity index (χ1n) is 5.86. The molecule has 0 atom stereocenters. The van der Waals surface area contributed by atoms with Gasteiger partial charge in [-0.3, -0.25) is 0 Å². The number of hydrogen-bond donors (Lipinski definition) is 2. The van der Waals surface area contributed by atoms with Crippen molar-refractivity contribution < 1.29 is 5.11 Å². The molecule has 0 amide bonds. The molecule has 4 heteroatoms. The number of aliphatic hydroxyl groups is 1. The third-order valence-corrected chi connectivity index (χ3v) is 3.33. The molecular weight excluding hydrogens is 232 g/mol. The molecule has 0 aromatic carbocycles. The molecule has 0 saturated heterocycles. The van der Waals surface area contributed by atoms with Gasteiger partial charge in [-0.1, -0.05) is 6.07 Å². The van der Waals surface area contributed by atoms with E-state index in [9.17, 15) is 0 Å². The molecule has 1 aromatic heterocycles. The average molecular weight is 254 g/mol. The second kappa shape index (κ2) is 6.38. The van der Waals surface area contributed by atoms with E-state index in [-0.39, 0.29) is 12.1 Å². The molecule has 1 aromatic rings. The van der Waals surface area contributed by atoms with Crippen molar-refractivity contribution in [2.45, 2.75) is 44.8 Å². The van der Waals surface area contributed by atoms with Crippen LogP contribution in [0.2, 0.25) is 0 Å². The Hall–Kier alpha value is -0.580. The molecule has 0 bridgehead atoms. The zero-order valence-electron chi connectivity index (χ0n) is 11.1. The van der Waals surface area contributed by atoms with Crippen molar-refractivity contribution in [1.29, 1.82) is 0 Å². The van der Waals surface area contributed by atoms with Gasteiger partial charge < -0.3 is 10.4 Å². The fraction of sp³-hybridized carbons (Fsp3) is 0.615. The number of aliphatic hydroxyl groups excluding tert-OH is 1. The molecule has 0 aliphatic heterocycles. The van der Waals surface area contributed by atoms with Crippen LogP contribution in [0.25, 0.3) is 0 Å². The smallest absolute Gasteiger partial charge is 0.0990 e. The van der Waals surface area contributed by atoms with Gasteiger partial charge in [-0.05, 0) is 38.8 Å². The summed E-state index contributed by atoms with van der Waals surface area (Å²) in [5, 5.41) is 13.2. The third-order valence-electron chi connectivity index (χ3n) is 2.24. The van der Waals surface area contributed by atoms with Crippen molar-refractivity contribution in [2.24, 2.45) is 0 Å². The molecule has 0 fully saturated rings. The summed E-state index contributed by atoms with van der Waals surface area (Å²) in [6, 6.07) is 2.16. The van der Waals surface area contributed by atoms with Crippen molar-refractivity contribution in [3.63, 3.8) is 0 Å². The number of hydrogen-bond acceptors (Lipinski definition) is 4. The minimum absolute atomic E-state index is 0.123. The topological polar surface area (TPSA) is 45.2 Å². The summed E-state index contributed by atoms with van der Waals surface area (Å²) in [6.07, 6.45) is 1.91. The molecule has 0 aliphatic carbocycles. The van der Waals surface area contributed by atoms with Crippen LogP contribution in [0.5, 0.6) is 0 Å². The number of thioether (sulfide) groups is 1. The van der Waals surface area contributed by atoms with Crippen molar-refractivity contribution in [3.05, 3.63) is 23.4 Å². The average Bonchev–Trinajstić information content (AvgIpc) is 2.24. The molecule has 17 heavy (non-hydrogen) atoms. The highest BCUT2D eigenvalue weighted by Crippen LogP contribution is 2.20. The monoisotopic (exact) mass is 254 g/mol. The second-order valence-corrected chi connectivity index (χ2v) is 6.22. The van der Waals surface area contributed by atoms with Gasteiger partial charge in [0.05, 0.1) is 11.6 Å². The van der Waals surface area contributed by atoms with Gasteiger partial charge in [0.25, 0.3) is 0 Å². The molecule has 0 saturated carbocycles. The van der Waals surface area contributed by atoms with Gasteiger partial charge in [0.1, 0.15) is 0 Å². The number of aryl methyl sites for hydroxylation is 1. The lowest BCUT2D eigenvalue weighted by atomic mass is 10.1. The molecule has 0 spiro atoms. The van der Waals surface area contributed by atoms with Crippen LogP contribution >= 0.6 is 11.8 Å². The van der Waals surface area contributed by atoms with Crippen molar-refractivity contribution in [2.75, 3.05) is 12.4 Å². The highest BCUT2D eigenvalue weighted by atomic mass is 32.2. The Morgan fingerprint density at radius 3 is 2.65 bits per heavy atom. The quantitative estimate of drug-likeness (QED) is 0.792. The highest BCUT2D eigenvalue weighted by molar-refractivity contribution is 7.99. The van der Waals surface area contributed by atoms with Crippen LogP contribution in [0.3, 0.4) is 0 Å². The van der Waals surface area contributed by atoms with E-state index in [1.807, 2.05) is 6.20 Å². The maximum atomic E-state index is 8.79. The van der Waals surface area contributed by atoms with Crippen LogP contribution in [0.15, 0.2) is 17.3 Å². The predicted octanol–water partition coefficient (Wildman–Crippen LogP) is 2.36. The van der Waals surface area contributed by atoms with E-state index in [4.69, 9.17) is 5.11 Å². The standard InChI is InChI=1S/C13H22N2OS/c1-10-7-11(9-15-13(2,3)4)8-14-12(10)17-6-5-16/h7-8,15-16H,5-6,9H2,1-4H3. The van der Waals surface area contributed by atoms with E-state index >= 15 is 0 Å². The van der Waals surface area contributed by atoms with Crippen LogP contribution in [0.1, 0.15) is 31.9 Å². The lowest BCUT2D eigenvalue weighted by molar-refractivity contribution is 0.322. The molecule has 2 N–H and O–H groups in total. The minimum Gasteiger partial charge on any atom is -0.396 e. The lowest BCUT2D eigenvalue weighted by Crippen LogP contribution is -2.35. The second-order valence-electron chi connectivity index (χ2n) is 5.14. The zero-order chi connectivity index (χ0) is 12.9. The molecule has 0 aliphatic rings. The molecule has 1 heterocycles. The van der Waals surface area contributed by atoms with Gasteiger partial charge in [0, 0.05) is 24.0 Å². The maximum Gasteiger partial charge on any atom is 0.0990 e. The number of rotatable bonds is 5. The fourth-order valence-electron chi connectivity index (χ4n) is 1.38. The van der Waals surface area contributed by atoms with E-state index in [0.29, 0.717) is 5.75 Å². The zero-order valence-corrected chi connectivity index (χ0v) is 11.9. The molecule has 0 radical (unpaired) electrons. The summed E-state index contributed by atoms with van der Waals surface area (Å²) in [6.45, 7) is 9.55. The Morgan fingerprint density at radius 1 is 1.41 bits per heavy atom. The van der Waals surface area contributed by atoms with Gasteiger partial charge in [-0.2, -0.15) is 0 Å². The fourth-order valence-corrected chi connectivity index (χ4v) is 2.08. The number of nitrogens with zero attached hydrogens (tertiary/aromatic N) is 1. The first-order chi connectivity index (χ1) is 7.92. The van der Waals surface area contributed by atoms with Gasteiger partial charge in [0.15, 0.2) is 0 Å². The van der Waals surface area contributed by atoms with Crippen LogP contribution in [0, 0.1) is 6.92 Å². The summed E-state index contributed by atoms with van der Waals surface area (Å²) in [4.78, 5) is 4.43. The van der Waals surface area contributed by atoms with Crippen LogP contribution in [-0.2, 0) is 6.54 Å². The van der Waals surface area contributed by atoms with Gasteiger partial charge >= 0.3 is 0 Å². The largest absolute Gasteiger partial charge is 0.396 e. The summed E-state index contributed by atoms with van der Waals surface area (Å²) < 4.78 is 0. The first kappa shape index (κ1) is 14.5. The summed E-state index contributed by atoms with van der Waals surface area (Å²) in [5.41, 5.74) is 2.50. The van der Waals surface area contributed by atoms with E-state index in [2.05, 4.69) is 44.1 Å². The molecule has 3 nitrogen and oxygen atoms in total. The predicted molar refractivity (Wildman–Crippen MR) is 73.4 cm³/mol. The molecule has 1 rings (SSSR count). The van der Waals surface area contributed by atoms with Crippen LogP contribution in [-0.4, -0.2) is 28.0 Å². The van der Waals surface area contributed by atoms with Gasteiger partial charge in [-0.25, -0.2) is 4.98 Å². The van der Waals surface area contributed by atoms with Gasteiger partial charge in [0.2, 0.25) is 0 Å². The number of aromatic nitrogens is 1. The first-order valence-corrected chi connectivity index (χ1v) is 6.85. The van der Waals surface area contributed by atoms with Crippen LogP contribution < -0.4 is 5.32 Å². The highest BCUT2D eigenvalue weighted by Gasteiger charge is 2.09. The van der Waals surface area contributed by atoms with E-state index in [1.54, 1.807) is 11.8 Å². The van der Waals surface area contributed by atoms with Crippen LogP contribution in [0.4, 0.5) is 0 Å². The summed E-state index contributed by atoms with van der Waals surface area (Å²) in [7, 11) is 0. The normalized spacial score (nSPS) is 11.8. The summed E-state index contributed by atoms with van der Waals surface area (Å²) in [5.74, 6) is 0.702. The van der Waals surface area contributed by atoms with Crippen molar-refractivity contribution >= 4 is 11.8 Å². The number of pyridine rings is 1. The molecule has 96 valence electrons. The summed E-state index contributed by atoms with van der Waals surface area (Å²) >= 11 is 1.60. The Balaban J connectivity index is 2.62. The maximum absolute atomic E-state index is 8.79. The Kier molecular flexibility index (Phi) is 5.43. The Labute approximate surface area is 108 Å². The Bertz CT molecular complexity index is 361. The lowest BCUT2D eigenvalue weighted by Gasteiger charge is -2.20. The van der Waals surface area contributed by atoms with E-state index in [1.165, 1.54) is 11.1 Å². The molecule has 0 unspecified atom stereocenters. The SMILES string of the molecule is Cc1cc(CNC(C)(C)C)cnc1SCCO. The Morgan fingerprint density at radius 2 is 2.12 bits per heavy atom.